The van der Waals surface area contributed by atoms with Gasteiger partial charge in [-0.05, 0) is 70.5 Å². The molecule has 0 atom stereocenters. The van der Waals surface area contributed by atoms with Gasteiger partial charge in [0.05, 0.1) is 0 Å². The number of carbonyl (C=O) groups excluding carboxylic acids is 1. The molecule has 1 aliphatic carbocycles. The fraction of sp³-hybridized carbons (Fsp3) is 0.167. The van der Waals surface area contributed by atoms with Crippen LogP contribution in [-0.4, -0.2) is 5.78 Å². The van der Waals surface area contributed by atoms with Crippen molar-refractivity contribution in [1.82, 2.24) is 0 Å². The average molecular weight is 280 g/mol. The summed E-state index contributed by atoms with van der Waals surface area (Å²) >= 11 is 1.71. The zero-order chi connectivity index (χ0) is 13.9. The zero-order valence-electron chi connectivity index (χ0n) is 11.4. The number of rotatable bonds is 3. The van der Waals surface area contributed by atoms with Gasteiger partial charge in [-0.2, -0.15) is 11.3 Å². The van der Waals surface area contributed by atoms with Crippen LogP contribution in [0.3, 0.4) is 0 Å². The summed E-state index contributed by atoms with van der Waals surface area (Å²) in [5.41, 5.74) is 6.50. The van der Waals surface area contributed by atoms with E-state index in [0.717, 1.165) is 12.8 Å². The van der Waals surface area contributed by atoms with Gasteiger partial charge in [0.15, 0.2) is 5.78 Å². The molecule has 1 heterocycles. The molecule has 0 saturated heterocycles. The maximum Gasteiger partial charge on any atom is 0.152 e. The zero-order valence-corrected chi connectivity index (χ0v) is 12.2. The van der Waals surface area contributed by atoms with Crippen LogP contribution in [0.1, 0.15) is 30.0 Å². The van der Waals surface area contributed by atoms with E-state index in [1.165, 1.54) is 27.8 Å². The molecule has 0 radical (unpaired) electrons. The van der Waals surface area contributed by atoms with Crippen molar-refractivity contribution in [3.63, 3.8) is 0 Å². The lowest BCUT2D eigenvalue weighted by Gasteiger charge is -2.21. The highest BCUT2D eigenvalue weighted by Crippen LogP contribution is 2.37. The third-order valence-corrected chi connectivity index (χ3v) is 4.28. The lowest BCUT2D eigenvalue weighted by atomic mass is 9.83. The van der Waals surface area contributed by atoms with E-state index in [1.807, 2.05) is 6.08 Å². The highest BCUT2D eigenvalue weighted by atomic mass is 32.1. The molecule has 0 spiro atoms. The Morgan fingerprint density at radius 3 is 2.80 bits per heavy atom. The van der Waals surface area contributed by atoms with Gasteiger partial charge in [-0.1, -0.05) is 30.3 Å². The number of aryl methyl sites for hydroxylation is 1. The molecule has 0 saturated carbocycles. The van der Waals surface area contributed by atoms with Gasteiger partial charge in [-0.3, -0.25) is 4.79 Å². The predicted octanol–water partition coefficient (Wildman–Crippen LogP) is 4.64. The molecule has 1 aliphatic rings. The Morgan fingerprint density at radius 1 is 1.20 bits per heavy atom. The molecule has 2 heteroatoms. The Labute approximate surface area is 123 Å². The normalized spacial score (nSPS) is 14.7. The second-order valence-electron chi connectivity index (χ2n) is 5.01. The summed E-state index contributed by atoms with van der Waals surface area (Å²) in [6, 6.07) is 10.7. The minimum Gasteiger partial charge on any atom is -0.295 e. The minimum absolute atomic E-state index is 0.0982. The highest BCUT2D eigenvalue weighted by Gasteiger charge is 2.18. The van der Waals surface area contributed by atoms with Crippen LogP contribution >= 0.6 is 11.3 Å². The van der Waals surface area contributed by atoms with Gasteiger partial charge in [0, 0.05) is 0 Å². The van der Waals surface area contributed by atoms with E-state index in [2.05, 4.69) is 41.1 Å². The SMILES string of the molecule is CC(=O)/C=C/C1=C(c2ccsc2)c2ccccc2CC1. The molecule has 0 unspecified atom stereocenters. The van der Waals surface area contributed by atoms with Crippen molar-refractivity contribution in [2.75, 3.05) is 0 Å². The van der Waals surface area contributed by atoms with Crippen molar-refractivity contribution in [2.45, 2.75) is 19.8 Å². The van der Waals surface area contributed by atoms with Crippen LogP contribution in [-0.2, 0) is 11.2 Å². The number of benzene rings is 1. The summed E-state index contributed by atoms with van der Waals surface area (Å²) in [4.78, 5) is 11.2. The first-order valence-corrected chi connectivity index (χ1v) is 7.72. The smallest absolute Gasteiger partial charge is 0.152 e. The number of carbonyl (C=O) groups is 1. The molecule has 2 aromatic rings. The molecule has 3 rings (SSSR count). The molecule has 0 amide bonds. The van der Waals surface area contributed by atoms with Crippen LogP contribution in [0.15, 0.2) is 58.8 Å². The van der Waals surface area contributed by atoms with Crippen LogP contribution in [0.5, 0.6) is 0 Å². The first-order chi connectivity index (χ1) is 9.75. The van der Waals surface area contributed by atoms with Crippen LogP contribution in [0.2, 0.25) is 0 Å². The summed E-state index contributed by atoms with van der Waals surface area (Å²) < 4.78 is 0. The number of fused-ring (bicyclic) bond motifs is 1. The number of ketones is 1. The Bertz CT molecular complexity index is 690. The van der Waals surface area contributed by atoms with Gasteiger partial charge in [-0.15, -0.1) is 0 Å². The topological polar surface area (TPSA) is 17.1 Å². The standard InChI is InChI=1S/C18H16OS/c1-13(19)6-7-15-9-8-14-4-2-3-5-17(14)18(15)16-10-11-20-12-16/h2-7,10-12H,8-9H2,1H3/b7-6+. The van der Waals surface area contributed by atoms with Crippen molar-refractivity contribution in [2.24, 2.45) is 0 Å². The molecule has 100 valence electrons. The van der Waals surface area contributed by atoms with Crippen LogP contribution < -0.4 is 0 Å². The molecule has 0 bridgehead atoms. The van der Waals surface area contributed by atoms with E-state index in [0.29, 0.717) is 0 Å². The Balaban J connectivity index is 2.17. The molecule has 0 fully saturated rings. The molecule has 1 aromatic heterocycles. The average Bonchev–Trinajstić information content (AvgIpc) is 2.98. The molecule has 20 heavy (non-hydrogen) atoms. The predicted molar refractivity (Wildman–Crippen MR) is 84.9 cm³/mol. The third kappa shape index (κ3) is 2.52. The van der Waals surface area contributed by atoms with E-state index >= 15 is 0 Å². The van der Waals surface area contributed by atoms with Gasteiger partial charge >= 0.3 is 0 Å². The fourth-order valence-electron chi connectivity index (χ4n) is 2.68. The molecule has 0 N–H and O–H groups in total. The summed E-state index contributed by atoms with van der Waals surface area (Å²) in [7, 11) is 0. The quantitative estimate of drug-likeness (QED) is 0.748. The van der Waals surface area contributed by atoms with Gasteiger partial charge in [0.1, 0.15) is 0 Å². The van der Waals surface area contributed by atoms with Crippen molar-refractivity contribution in [1.29, 1.82) is 0 Å². The number of hydrogen-bond donors (Lipinski definition) is 0. The number of hydrogen-bond acceptors (Lipinski definition) is 2. The first kappa shape index (κ1) is 13.1. The second-order valence-corrected chi connectivity index (χ2v) is 5.79. The van der Waals surface area contributed by atoms with Gasteiger partial charge in [-0.25, -0.2) is 0 Å². The van der Waals surface area contributed by atoms with Gasteiger partial charge < -0.3 is 0 Å². The summed E-state index contributed by atoms with van der Waals surface area (Å²) in [6.45, 7) is 1.60. The van der Waals surface area contributed by atoms with Crippen molar-refractivity contribution < 1.29 is 4.79 Å². The van der Waals surface area contributed by atoms with E-state index in [1.54, 1.807) is 24.3 Å². The Kier molecular flexibility index (Phi) is 3.66. The second kappa shape index (κ2) is 5.59. The molecular weight excluding hydrogens is 264 g/mol. The van der Waals surface area contributed by atoms with E-state index in [-0.39, 0.29) is 5.78 Å². The maximum absolute atomic E-state index is 11.2. The highest BCUT2D eigenvalue weighted by molar-refractivity contribution is 7.08. The molecule has 0 aliphatic heterocycles. The van der Waals surface area contributed by atoms with E-state index in [9.17, 15) is 4.79 Å². The largest absolute Gasteiger partial charge is 0.295 e. The molecule has 1 nitrogen and oxygen atoms in total. The third-order valence-electron chi connectivity index (χ3n) is 3.60. The molecular formula is C18H16OS. The van der Waals surface area contributed by atoms with Gasteiger partial charge in [0.25, 0.3) is 0 Å². The number of allylic oxidation sites excluding steroid dienone is 3. The van der Waals surface area contributed by atoms with Crippen molar-refractivity contribution in [3.05, 3.63) is 75.5 Å². The van der Waals surface area contributed by atoms with Crippen LogP contribution in [0, 0.1) is 0 Å². The number of thiophene rings is 1. The van der Waals surface area contributed by atoms with Crippen molar-refractivity contribution >= 4 is 22.7 Å². The maximum atomic E-state index is 11.2. The Morgan fingerprint density at radius 2 is 2.05 bits per heavy atom. The van der Waals surface area contributed by atoms with Gasteiger partial charge in [0.2, 0.25) is 0 Å². The fourth-order valence-corrected chi connectivity index (χ4v) is 3.33. The van der Waals surface area contributed by atoms with E-state index < -0.39 is 0 Å². The lowest BCUT2D eigenvalue weighted by molar-refractivity contribution is -0.112. The summed E-state index contributed by atoms with van der Waals surface area (Å²) in [5.74, 6) is 0.0982. The Hall–Kier alpha value is -1.93. The van der Waals surface area contributed by atoms with Crippen LogP contribution in [0.25, 0.3) is 5.57 Å². The van der Waals surface area contributed by atoms with Crippen molar-refractivity contribution in [3.8, 4) is 0 Å². The summed E-state index contributed by atoms with van der Waals surface area (Å²) in [5, 5.41) is 4.28. The minimum atomic E-state index is 0.0982. The molecule has 1 aromatic carbocycles. The van der Waals surface area contributed by atoms with Crippen LogP contribution in [0.4, 0.5) is 0 Å². The first-order valence-electron chi connectivity index (χ1n) is 6.78. The van der Waals surface area contributed by atoms with E-state index in [4.69, 9.17) is 0 Å². The monoisotopic (exact) mass is 280 g/mol. The summed E-state index contributed by atoms with van der Waals surface area (Å²) in [6.07, 6.45) is 5.70. The lowest BCUT2D eigenvalue weighted by Crippen LogP contribution is -2.04.